The predicted octanol–water partition coefficient (Wildman–Crippen LogP) is 10.5. The zero-order valence-corrected chi connectivity index (χ0v) is 22.9. The molecule has 0 spiro atoms. The zero-order chi connectivity index (χ0) is 24.0. The van der Waals surface area contributed by atoms with Gasteiger partial charge in [0.1, 0.15) is 6.29 Å². The van der Waals surface area contributed by atoms with Gasteiger partial charge in [0, 0.05) is 10.0 Å². The Hall–Kier alpha value is -1.41. The highest BCUT2D eigenvalue weighted by atomic mass is 79.9. The smallest absolute Gasteiger partial charge is 0.150 e. The summed E-state index contributed by atoms with van der Waals surface area (Å²) in [6.07, 6.45) is 22.5. The Bertz CT molecular complexity index is 690. The Kier molecular flexibility index (Phi) is 19.0. The van der Waals surface area contributed by atoms with Gasteiger partial charge >= 0.3 is 0 Å². The first kappa shape index (κ1) is 29.6. The number of carbonyl (C=O) groups excluding carboxylic acids is 1. The molecule has 0 fully saturated rings. The van der Waals surface area contributed by atoms with E-state index in [-0.39, 0.29) is 0 Å². The average molecular weight is 516 g/mol. The summed E-state index contributed by atoms with van der Waals surface area (Å²) in [5.41, 5.74) is 3.59. The van der Waals surface area contributed by atoms with Gasteiger partial charge in [-0.15, -0.1) is 0 Å². The highest BCUT2D eigenvalue weighted by Crippen LogP contribution is 2.14. The number of hydrogen-bond acceptors (Lipinski definition) is 1. The van der Waals surface area contributed by atoms with Crippen LogP contribution >= 0.6 is 15.9 Å². The van der Waals surface area contributed by atoms with E-state index in [4.69, 9.17) is 0 Å². The first-order chi connectivity index (χ1) is 16.2. The van der Waals surface area contributed by atoms with E-state index in [1.165, 1.54) is 112 Å². The molecule has 0 saturated carbocycles. The standard InChI is InChI=1S/C16H24O.C15H23Br/c1-2-3-4-5-6-7-8-9-15-10-12-16(14-17)13-11-15;1-2-3-4-5-6-7-8-9-14-10-12-15(16)13-11-14/h10-14H,2-9H2,1H3;10-13H,2-9H2,1H3. The van der Waals surface area contributed by atoms with Crippen LogP contribution in [0.4, 0.5) is 0 Å². The van der Waals surface area contributed by atoms with Crippen LogP contribution in [0.25, 0.3) is 0 Å². The number of carbonyl (C=O) groups is 1. The lowest BCUT2D eigenvalue weighted by molar-refractivity contribution is 0.112. The molecular formula is C31H47BrO. The SMILES string of the molecule is CCCCCCCCCc1ccc(Br)cc1.CCCCCCCCCc1ccc(C=O)cc1. The highest BCUT2D eigenvalue weighted by Gasteiger charge is 1.96. The van der Waals surface area contributed by atoms with E-state index in [9.17, 15) is 4.79 Å². The number of hydrogen-bond donors (Lipinski definition) is 0. The third kappa shape index (κ3) is 16.8. The van der Waals surface area contributed by atoms with E-state index < -0.39 is 0 Å². The molecule has 0 aliphatic heterocycles. The quantitative estimate of drug-likeness (QED) is 0.151. The Balaban J connectivity index is 0.000000331. The largest absolute Gasteiger partial charge is 0.298 e. The molecular weight excluding hydrogens is 468 g/mol. The van der Waals surface area contributed by atoms with Crippen molar-refractivity contribution in [3.05, 3.63) is 69.7 Å². The Morgan fingerprint density at radius 3 is 1.30 bits per heavy atom. The second-order valence-corrected chi connectivity index (χ2v) is 10.1. The molecule has 0 saturated heterocycles. The molecule has 2 aromatic carbocycles. The van der Waals surface area contributed by atoms with Crippen LogP contribution in [0, 0.1) is 0 Å². The lowest BCUT2D eigenvalue weighted by Gasteiger charge is -2.02. The minimum absolute atomic E-state index is 0.772. The molecule has 0 heterocycles. The number of unbranched alkanes of at least 4 members (excludes halogenated alkanes) is 12. The molecule has 0 radical (unpaired) electrons. The maximum absolute atomic E-state index is 10.5. The zero-order valence-electron chi connectivity index (χ0n) is 21.3. The van der Waals surface area contributed by atoms with Gasteiger partial charge in [-0.1, -0.05) is 143 Å². The van der Waals surface area contributed by atoms with Crippen LogP contribution in [0.15, 0.2) is 53.0 Å². The van der Waals surface area contributed by atoms with Crippen molar-refractivity contribution in [1.29, 1.82) is 0 Å². The molecule has 0 bridgehead atoms. The van der Waals surface area contributed by atoms with Gasteiger partial charge in [-0.2, -0.15) is 0 Å². The van der Waals surface area contributed by atoms with Crippen molar-refractivity contribution < 1.29 is 4.79 Å². The van der Waals surface area contributed by atoms with Crippen LogP contribution in [-0.4, -0.2) is 6.29 Å². The molecule has 0 aliphatic carbocycles. The third-order valence-electron chi connectivity index (χ3n) is 6.17. The second-order valence-electron chi connectivity index (χ2n) is 9.23. The van der Waals surface area contributed by atoms with Gasteiger partial charge in [0.15, 0.2) is 0 Å². The Morgan fingerprint density at radius 1 is 0.545 bits per heavy atom. The molecule has 2 aromatic rings. The number of aryl methyl sites for hydroxylation is 2. The summed E-state index contributed by atoms with van der Waals surface area (Å²) >= 11 is 3.46. The van der Waals surface area contributed by atoms with Gasteiger partial charge in [0.25, 0.3) is 0 Å². The minimum Gasteiger partial charge on any atom is -0.298 e. The van der Waals surface area contributed by atoms with E-state index in [2.05, 4.69) is 66.2 Å². The van der Waals surface area contributed by atoms with Gasteiger partial charge < -0.3 is 0 Å². The third-order valence-corrected chi connectivity index (χ3v) is 6.70. The Labute approximate surface area is 212 Å². The fourth-order valence-corrected chi connectivity index (χ4v) is 4.25. The molecule has 0 aliphatic rings. The normalized spacial score (nSPS) is 10.5. The number of benzene rings is 2. The highest BCUT2D eigenvalue weighted by molar-refractivity contribution is 9.10. The summed E-state index contributed by atoms with van der Waals surface area (Å²) in [6.45, 7) is 4.52. The molecule has 0 atom stereocenters. The molecule has 184 valence electrons. The summed E-state index contributed by atoms with van der Waals surface area (Å²) in [5, 5.41) is 0. The van der Waals surface area contributed by atoms with Crippen LogP contribution in [-0.2, 0) is 12.8 Å². The molecule has 0 amide bonds. The van der Waals surface area contributed by atoms with Crippen LogP contribution in [0.3, 0.4) is 0 Å². The van der Waals surface area contributed by atoms with E-state index in [0.29, 0.717) is 0 Å². The molecule has 2 heteroatoms. The lowest BCUT2D eigenvalue weighted by Crippen LogP contribution is -1.87. The summed E-state index contributed by atoms with van der Waals surface area (Å²) in [5.74, 6) is 0. The molecule has 0 N–H and O–H groups in total. The monoisotopic (exact) mass is 514 g/mol. The number of rotatable bonds is 17. The van der Waals surface area contributed by atoms with Crippen molar-refractivity contribution in [2.24, 2.45) is 0 Å². The molecule has 2 rings (SSSR count). The van der Waals surface area contributed by atoms with Gasteiger partial charge in [-0.3, -0.25) is 4.79 Å². The van der Waals surface area contributed by atoms with Crippen LogP contribution in [0.2, 0.25) is 0 Å². The first-order valence-corrected chi connectivity index (χ1v) is 14.3. The summed E-state index contributed by atoms with van der Waals surface area (Å²) in [6, 6.07) is 16.7. The van der Waals surface area contributed by atoms with Gasteiger partial charge in [0.05, 0.1) is 0 Å². The summed E-state index contributed by atoms with van der Waals surface area (Å²) < 4.78 is 1.18. The molecule has 1 nitrogen and oxygen atoms in total. The number of halogens is 1. The van der Waals surface area contributed by atoms with Gasteiger partial charge in [-0.05, 0) is 48.9 Å². The van der Waals surface area contributed by atoms with E-state index in [1.54, 1.807) is 0 Å². The van der Waals surface area contributed by atoms with E-state index in [0.717, 1.165) is 18.3 Å². The lowest BCUT2D eigenvalue weighted by atomic mass is 10.0. The van der Waals surface area contributed by atoms with Crippen molar-refractivity contribution >= 4 is 22.2 Å². The van der Waals surface area contributed by atoms with E-state index in [1.807, 2.05) is 12.1 Å². The van der Waals surface area contributed by atoms with Crippen LogP contribution < -0.4 is 0 Å². The van der Waals surface area contributed by atoms with E-state index >= 15 is 0 Å². The van der Waals surface area contributed by atoms with Crippen molar-refractivity contribution in [3.63, 3.8) is 0 Å². The summed E-state index contributed by atoms with van der Waals surface area (Å²) in [7, 11) is 0. The van der Waals surface area contributed by atoms with Crippen molar-refractivity contribution in [3.8, 4) is 0 Å². The van der Waals surface area contributed by atoms with Crippen molar-refractivity contribution in [2.75, 3.05) is 0 Å². The first-order valence-electron chi connectivity index (χ1n) is 13.5. The maximum Gasteiger partial charge on any atom is 0.150 e. The Morgan fingerprint density at radius 2 is 0.909 bits per heavy atom. The topological polar surface area (TPSA) is 17.1 Å². The molecule has 33 heavy (non-hydrogen) atoms. The fraction of sp³-hybridized carbons (Fsp3) is 0.581. The van der Waals surface area contributed by atoms with Crippen LogP contribution in [0.5, 0.6) is 0 Å². The second kappa shape index (κ2) is 21.1. The molecule has 0 unspecified atom stereocenters. The summed E-state index contributed by atoms with van der Waals surface area (Å²) in [4.78, 5) is 10.5. The predicted molar refractivity (Wildman–Crippen MR) is 149 cm³/mol. The number of aldehydes is 1. The van der Waals surface area contributed by atoms with Crippen molar-refractivity contribution in [1.82, 2.24) is 0 Å². The molecule has 0 aromatic heterocycles. The van der Waals surface area contributed by atoms with Crippen molar-refractivity contribution in [2.45, 2.75) is 117 Å². The van der Waals surface area contributed by atoms with Gasteiger partial charge in [-0.25, -0.2) is 0 Å². The van der Waals surface area contributed by atoms with Crippen LogP contribution in [0.1, 0.15) is 125 Å². The maximum atomic E-state index is 10.5. The van der Waals surface area contributed by atoms with Gasteiger partial charge in [0.2, 0.25) is 0 Å². The average Bonchev–Trinajstić information content (AvgIpc) is 2.85. The fourth-order valence-electron chi connectivity index (χ4n) is 3.99. The minimum atomic E-state index is 0.772.